The number of halogens is 2. The maximum absolute atomic E-state index is 5.77. The molecule has 7 heteroatoms. The van der Waals surface area contributed by atoms with Gasteiger partial charge in [-0.25, -0.2) is 19.9 Å². The SMILES string of the molecule is Cc1nc(Sc2nc(Cl)ncc2Br)nc(C)c1C. The van der Waals surface area contributed by atoms with E-state index in [-0.39, 0.29) is 5.28 Å². The first-order chi connectivity index (χ1) is 8.47. The Labute approximate surface area is 123 Å². The highest BCUT2D eigenvalue weighted by atomic mass is 79.9. The molecule has 0 saturated heterocycles. The van der Waals surface area contributed by atoms with E-state index >= 15 is 0 Å². The van der Waals surface area contributed by atoms with Gasteiger partial charge in [0.05, 0.1) is 4.47 Å². The molecule has 0 aliphatic carbocycles. The van der Waals surface area contributed by atoms with E-state index in [4.69, 9.17) is 11.6 Å². The molecule has 2 heterocycles. The van der Waals surface area contributed by atoms with Crippen LogP contribution in [0.4, 0.5) is 0 Å². The summed E-state index contributed by atoms with van der Waals surface area (Å²) in [6.07, 6.45) is 1.62. The van der Waals surface area contributed by atoms with Crippen molar-refractivity contribution in [3.63, 3.8) is 0 Å². The minimum absolute atomic E-state index is 0.209. The van der Waals surface area contributed by atoms with E-state index in [1.54, 1.807) is 6.20 Å². The van der Waals surface area contributed by atoms with Crippen molar-refractivity contribution in [3.05, 3.63) is 32.9 Å². The maximum atomic E-state index is 5.77. The highest BCUT2D eigenvalue weighted by Crippen LogP contribution is 2.30. The molecule has 0 atom stereocenters. The quantitative estimate of drug-likeness (QED) is 0.613. The normalized spacial score (nSPS) is 10.7. The fourth-order valence-corrected chi connectivity index (χ4v) is 2.71. The second kappa shape index (κ2) is 5.50. The van der Waals surface area contributed by atoms with Crippen LogP contribution in [0, 0.1) is 20.8 Å². The Bertz CT molecular complexity index is 583. The molecule has 94 valence electrons. The molecule has 2 aromatic heterocycles. The molecule has 0 bridgehead atoms. The standard InChI is InChI=1S/C11H10BrClN4S/c1-5-6(2)15-11(16-7(5)3)18-9-8(12)4-14-10(13)17-9/h4H,1-3H3. The van der Waals surface area contributed by atoms with Gasteiger partial charge in [-0.05, 0) is 65.6 Å². The number of hydrogen-bond donors (Lipinski definition) is 0. The summed E-state index contributed by atoms with van der Waals surface area (Å²) in [4.78, 5) is 16.9. The number of rotatable bonds is 2. The number of hydrogen-bond acceptors (Lipinski definition) is 5. The number of nitrogens with zero attached hydrogens (tertiary/aromatic N) is 4. The van der Waals surface area contributed by atoms with Gasteiger partial charge in [-0.2, -0.15) is 0 Å². The smallest absolute Gasteiger partial charge is 0.223 e. The van der Waals surface area contributed by atoms with Crippen molar-refractivity contribution in [2.45, 2.75) is 31.0 Å². The van der Waals surface area contributed by atoms with Crippen molar-refractivity contribution >= 4 is 39.3 Å². The van der Waals surface area contributed by atoms with Gasteiger partial charge < -0.3 is 0 Å². The molecular formula is C11H10BrClN4S. The molecule has 2 rings (SSSR count). The Morgan fingerprint density at radius 1 is 1.11 bits per heavy atom. The summed E-state index contributed by atoms with van der Waals surface area (Å²) < 4.78 is 0.774. The summed E-state index contributed by atoms with van der Waals surface area (Å²) in [5, 5.41) is 1.57. The molecule has 0 N–H and O–H groups in total. The summed E-state index contributed by atoms with van der Waals surface area (Å²) >= 11 is 10.5. The Balaban J connectivity index is 2.37. The Kier molecular flexibility index (Phi) is 4.19. The highest BCUT2D eigenvalue weighted by Gasteiger charge is 2.10. The first-order valence-electron chi connectivity index (χ1n) is 5.15. The summed E-state index contributed by atoms with van der Waals surface area (Å²) in [5.74, 6) is 0. The van der Waals surface area contributed by atoms with Crippen LogP contribution in [0.25, 0.3) is 0 Å². The van der Waals surface area contributed by atoms with Crippen LogP contribution in [0.2, 0.25) is 5.28 Å². The van der Waals surface area contributed by atoms with Crippen molar-refractivity contribution < 1.29 is 0 Å². The zero-order chi connectivity index (χ0) is 13.3. The van der Waals surface area contributed by atoms with Gasteiger partial charge in [0, 0.05) is 17.6 Å². The zero-order valence-electron chi connectivity index (χ0n) is 10.0. The summed E-state index contributed by atoms with van der Waals surface area (Å²) in [6, 6.07) is 0. The Morgan fingerprint density at radius 3 is 2.33 bits per heavy atom. The molecule has 0 aliphatic rings. The maximum Gasteiger partial charge on any atom is 0.223 e. The minimum atomic E-state index is 0.209. The third kappa shape index (κ3) is 2.99. The largest absolute Gasteiger partial charge is 0.227 e. The second-order valence-corrected chi connectivity index (χ2v) is 5.84. The third-order valence-electron chi connectivity index (χ3n) is 2.48. The number of aryl methyl sites for hydroxylation is 2. The van der Waals surface area contributed by atoms with Gasteiger partial charge in [0.2, 0.25) is 5.28 Å². The van der Waals surface area contributed by atoms with E-state index in [0.717, 1.165) is 21.4 Å². The first-order valence-corrected chi connectivity index (χ1v) is 7.14. The fraction of sp³-hybridized carbons (Fsp3) is 0.273. The Morgan fingerprint density at radius 2 is 1.72 bits per heavy atom. The van der Waals surface area contributed by atoms with Crippen LogP contribution in [0.1, 0.15) is 17.0 Å². The van der Waals surface area contributed by atoms with Gasteiger partial charge >= 0.3 is 0 Å². The van der Waals surface area contributed by atoms with Crippen LogP contribution in [-0.2, 0) is 0 Å². The highest BCUT2D eigenvalue weighted by molar-refractivity contribution is 9.10. The molecule has 0 unspecified atom stereocenters. The molecule has 0 spiro atoms. The van der Waals surface area contributed by atoms with Gasteiger partial charge in [-0.3, -0.25) is 0 Å². The molecule has 0 radical (unpaired) electrons. The van der Waals surface area contributed by atoms with Crippen molar-refractivity contribution in [1.82, 2.24) is 19.9 Å². The zero-order valence-corrected chi connectivity index (χ0v) is 13.2. The topological polar surface area (TPSA) is 51.6 Å². The lowest BCUT2D eigenvalue weighted by Gasteiger charge is -2.07. The van der Waals surface area contributed by atoms with Crippen molar-refractivity contribution in [3.8, 4) is 0 Å². The second-order valence-electron chi connectivity index (χ2n) is 3.70. The van der Waals surface area contributed by atoms with Crippen LogP contribution in [0.5, 0.6) is 0 Å². The van der Waals surface area contributed by atoms with Crippen molar-refractivity contribution in [2.75, 3.05) is 0 Å². The molecule has 18 heavy (non-hydrogen) atoms. The van der Waals surface area contributed by atoms with Crippen LogP contribution >= 0.6 is 39.3 Å². The summed E-state index contributed by atoms with van der Waals surface area (Å²) in [6.45, 7) is 5.95. The van der Waals surface area contributed by atoms with Crippen LogP contribution in [0.3, 0.4) is 0 Å². The van der Waals surface area contributed by atoms with Gasteiger partial charge in [-0.15, -0.1) is 0 Å². The summed E-state index contributed by atoms with van der Waals surface area (Å²) in [5.41, 5.74) is 3.06. The van der Waals surface area contributed by atoms with Crippen LogP contribution in [-0.4, -0.2) is 19.9 Å². The van der Waals surface area contributed by atoms with E-state index in [9.17, 15) is 0 Å². The van der Waals surface area contributed by atoms with E-state index < -0.39 is 0 Å². The minimum Gasteiger partial charge on any atom is -0.227 e. The lowest BCUT2D eigenvalue weighted by molar-refractivity contribution is 0.876. The number of aromatic nitrogens is 4. The van der Waals surface area contributed by atoms with Gasteiger partial charge in [0.25, 0.3) is 0 Å². The summed E-state index contributed by atoms with van der Waals surface area (Å²) in [7, 11) is 0. The Hall–Kier alpha value is -0.720. The molecule has 0 aromatic carbocycles. The molecule has 0 fully saturated rings. The third-order valence-corrected chi connectivity index (χ3v) is 4.38. The molecule has 0 amide bonds. The lowest BCUT2D eigenvalue weighted by Crippen LogP contribution is -1.98. The first kappa shape index (κ1) is 13.7. The average molecular weight is 346 g/mol. The predicted octanol–water partition coefficient (Wildman–Crippen LogP) is 3.76. The van der Waals surface area contributed by atoms with Crippen LogP contribution < -0.4 is 0 Å². The monoisotopic (exact) mass is 344 g/mol. The average Bonchev–Trinajstić information content (AvgIpc) is 2.31. The van der Waals surface area contributed by atoms with Gasteiger partial charge in [0.15, 0.2) is 5.16 Å². The van der Waals surface area contributed by atoms with Crippen LogP contribution in [0.15, 0.2) is 20.9 Å². The van der Waals surface area contributed by atoms with Crippen molar-refractivity contribution in [1.29, 1.82) is 0 Å². The molecule has 4 nitrogen and oxygen atoms in total. The van der Waals surface area contributed by atoms with E-state index in [1.165, 1.54) is 11.8 Å². The fourth-order valence-electron chi connectivity index (χ4n) is 1.28. The van der Waals surface area contributed by atoms with Crippen molar-refractivity contribution in [2.24, 2.45) is 0 Å². The molecule has 0 saturated carbocycles. The van der Waals surface area contributed by atoms with E-state index in [2.05, 4.69) is 35.9 Å². The molecule has 2 aromatic rings. The van der Waals surface area contributed by atoms with Gasteiger partial charge in [0.1, 0.15) is 5.03 Å². The predicted molar refractivity (Wildman–Crippen MR) is 75.1 cm³/mol. The lowest BCUT2D eigenvalue weighted by atomic mass is 10.2. The van der Waals surface area contributed by atoms with E-state index in [0.29, 0.717) is 10.2 Å². The molecule has 0 aliphatic heterocycles. The molecular weight excluding hydrogens is 336 g/mol. The van der Waals surface area contributed by atoms with E-state index in [1.807, 2.05) is 20.8 Å². The van der Waals surface area contributed by atoms with Gasteiger partial charge in [-0.1, -0.05) is 0 Å².